The van der Waals surface area contributed by atoms with E-state index in [-0.39, 0.29) is 17.2 Å². The second kappa shape index (κ2) is 7.04. The quantitative estimate of drug-likeness (QED) is 0.752. The van der Waals surface area contributed by atoms with E-state index in [1.54, 1.807) is 36.4 Å². The standard InChI is InChI=1S/C21H24ClNO3S/c1-14-5-8-17(9-6-14)27(25,26)23-12-11-15-13-16(22)7-10-18(15)19(23)20(24)21(2,3)4/h5-10,13,19H,11-12H2,1-4H3. The Morgan fingerprint density at radius 2 is 1.74 bits per heavy atom. The van der Waals surface area contributed by atoms with Crippen LogP contribution < -0.4 is 0 Å². The van der Waals surface area contributed by atoms with Crippen molar-refractivity contribution >= 4 is 27.4 Å². The second-order valence-corrected chi connectivity index (χ2v) is 10.4. The zero-order chi connectivity index (χ0) is 20.0. The Hall–Kier alpha value is -1.69. The van der Waals surface area contributed by atoms with Crippen molar-refractivity contribution < 1.29 is 13.2 Å². The van der Waals surface area contributed by atoms with Gasteiger partial charge in [0, 0.05) is 17.0 Å². The minimum absolute atomic E-state index is 0.124. The van der Waals surface area contributed by atoms with Gasteiger partial charge in [0.2, 0.25) is 10.0 Å². The summed E-state index contributed by atoms with van der Waals surface area (Å²) in [6.45, 7) is 7.60. The lowest BCUT2D eigenvalue weighted by Gasteiger charge is -2.38. The Bertz CT molecular complexity index is 975. The van der Waals surface area contributed by atoms with Crippen LogP contribution in [0.3, 0.4) is 0 Å². The van der Waals surface area contributed by atoms with Crippen LogP contribution >= 0.6 is 11.6 Å². The number of ketones is 1. The van der Waals surface area contributed by atoms with E-state index < -0.39 is 21.5 Å². The molecule has 0 bridgehead atoms. The van der Waals surface area contributed by atoms with Gasteiger partial charge in [0.1, 0.15) is 6.04 Å². The van der Waals surface area contributed by atoms with Gasteiger partial charge >= 0.3 is 0 Å². The maximum atomic E-state index is 13.4. The van der Waals surface area contributed by atoms with Crippen LogP contribution in [0.15, 0.2) is 47.4 Å². The summed E-state index contributed by atoms with van der Waals surface area (Å²) in [5.41, 5.74) is 1.96. The van der Waals surface area contributed by atoms with Crippen molar-refractivity contribution in [1.29, 1.82) is 0 Å². The van der Waals surface area contributed by atoms with E-state index in [1.165, 1.54) is 4.31 Å². The minimum atomic E-state index is -3.81. The predicted molar refractivity (Wildman–Crippen MR) is 107 cm³/mol. The second-order valence-electron chi connectivity index (χ2n) is 8.04. The zero-order valence-electron chi connectivity index (χ0n) is 16.0. The maximum Gasteiger partial charge on any atom is 0.244 e. The van der Waals surface area contributed by atoms with Crippen LogP contribution in [0.5, 0.6) is 0 Å². The van der Waals surface area contributed by atoms with Crippen LogP contribution in [0.2, 0.25) is 5.02 Å². The molecule has 0 radical (unpaired) electrons. The normalized spacial score (nSPS) is 18.2. The molecule has 0 aromatic heterocycles. The lowest BCUT2D eigenvalue weighted by Crippen LogP contribution is -2.46. The number of rotatable bonds is 3. The largest absolute Gasteiger partial charge is 0.297 e. The topological polar surface area (TPSA) is 54.5 Å². The molecule has 27 heavy (non-hydrogen) atoms. The zero-order valence-corrected chi connectivity index (χ0v) is 17.6. The minimum Gasteiger partial charge on any atom is -0.297 e. The molecule has 1 aliphatic rings. The Balaban J connectivity index is 2.15. The highest BCUT2D eigenvalue weighted by Crippen LogP contribution is 2.39. The van der Waals surface area contributed by atoms with Crippen LogP contribution in [-0.2, 0) is 21.2 Å². The van der Waals surface area contributed by atoms with Crippen molar-refractivity contribution in [2.75, 3.05) is 6.54 Å². The molecule has 144 valence electrons. The molecule has 1 aliphatic heterocycles. The number of benzene rings is 2. The van der Waals surface area contributed by atoms with Crippen molar-refractivity contribution in [2.24, 2.45) is 5.41 Å². The number of halogens is 1. The highest BCUT2D eigenvalue weighted by Gasteiger charge is 2.43. The number of aryl methyl sites for hydroxylation is 1. The average molecular weight is 406 g/mol. The van der Waals surface area contributed by atoms with Crippen molar-refractivity contribution in [3.8, 4) is 0 Å². The number of hydrogen-bond donors (Lipinski definition) is 0. The summed E-state index contributed by atoms with van der Waals surface area (Å²) in [6.07, 6.45) is 0.523. The fourth-order valence-electron chi connectivity index (χ4n) is 3.36. The van der Waals surface area contributed by atoms with Crippen LogP contribution in [0.1, 0.15) is 43.5 Å². The smallest absolute Gasteiger partial charge is 0.244 e. The SMILES string of the molecule is Cc1ccc(S(=O)(=O)N2CCc3cc(Cl)ccc3C2C(=O)C(C)(C)C)cc1. The molecular weight excluding hydrogens is 382 g/mol. The third kappa shape index (κ3) is 3.82. The van der Waals surface area contributed by atoms with Crippen molar-refractivity contribution in [2.45, 2.75) is 45.1 Å². The Morgan fingerprint density at radius 3 is 2.33 bits per heavy atom. The molecule has 1 atom stereocenters. The van der Waals surface area contributed by atoms with Crippen LogP contribution in [0.25, 0.3) is 0 Å². The van der Waals surface area contributed by atoms with Crippen LogP contribution in [0, 0.1) is 12.3 Å². The van der Waals surface area contributed by atoms with Crippen LogP contribution in [-0.4, -0.2) is 25.1 Å². The van der Waals surface area contributed by atoms with E-state index in [2.05, 4.69) is 0 Å². The number of sulfonamides is 1. The highest BCUT2D eigenvalue weighted by atomic mass is 35.5. The lowest BCUT2D eigenvalue weighted by molar-refractivity contribution is -0.130. The fourth-order valence-corrected chi connectivity index (χ4v) is 5.12. The Labute approximate surface area is 166 Å². The first kappa shape index (κ1) is 20.1. The van der Waals surface area contributed by atoms with Crippen molar-refractivity contribution in [3.63, 3.8) is 0 Å². The van der Waals surface area contributed by atoms with Crippen molar-refractivity contribution in [3.05, 3.63) is 64.2 Å². The molecule has 0 amide bonds. The summed E-state index contributed by atoms with van der Waals surface area (Å²) in [6, 6.07) is 11.2. The van der Waals surface area contributed by atoms with E-state index in [1.807, 2.05) is 33.8 Å². The van der Waals surface area contributed by atoms with Gasteiger partial charge in [-0.15, -0.1) is 0 Å². The van der Waals surface area contributed by atoms with E-state index in [0.29, 0.717) is 11.4 Å². The van der Waals surface area contributed by atoms with Gasteiger partial charge in [0.25, 0.3) is 0 Å². The summed E-state index contributed by atoms with van der Waals surface area (Å²) in [7, 11) is -3.81. The number of carbonyl (C=O) groups is 1. The molecule has 2 aromatic carbocycles. The molecule has 0 saturated heterocycles. The van der Waals surface area contributed by atoms with E-state index in [4.69, 9.17) is 11.6 Å². The molecule has 0 fully saturated rings. The third-order valence-corrected chi connectivity index (χ3v) is 7.02. The van der Waals surface area contributed by atoms with E-state index in [9.17, 15) is 13.2 Å². The molecule has 6 heteroatoms. The molecule has 3 rings (SSSR count). The summed E-state index contributed by atoms with van der Waals surface area (Å²) >= 11 is 6.11. The summed E-state index contributed by atoms with van der Waals surface area (Å²) in [5.74, 6) is -0.124. The van der Waals surface area contributed by atoms with Gasteiger partial charge in [-0.25, -0.2) is 8.42 Å². The molecule has 0 saturated carbocycles. The first-order valence-electron chi connectivity index (χ1n) is 8.93. The van der Waals surface area contributed by atoms with Gasteiger partial charge in [0.05, 0.1) is 4.90 Å². The van der Waals surface area contributed by atoms with Crippen LogP contribution in [0.4, 0.5) is 0 Å². The summed E-state index contributed by atoms with van der Waals surface area (Å²) < 4.78 is 28.1. The number of Topliss-reactive ketones (excluding diaryl/α,β-unsaturated/α-hetero) is 1. The van der Waals surface area contributed by atoms with Gasteiger partial charge in [0.15, 0.2) is 5.78 Å². The fraction of sp³-hybridized carbons (Fsp3) is 0.381. The predicted octanol–water partition coefficient (Wildman–Crippen LogP) is 4.55. The molecule has 0 aliphatic carbocycles. The van der Waals surface area contributed by atoms with Crippen molar-refractivity contribution in [1.82, 2.24) is 4.31 Å². The van der Waals surface area contributed by atoms with Gasteiger partial charge in [-0.3, -0.25) is 4.79 Å². The molecule has 4 nitrogen and oxygen atoms in total. The maximum absolute atomic E-state index is 13.4. The first-order valence-corrected chi connectivity index (χ1v) is 10.7. The molecule has 0 N–H and O–H groups in total. The number of hydrogen-bond acceptors (Lipinski definition) is 3. The molecule has 1 unspecified atom stereocenters. The molecule has 1 heterocycles. The molecule has 2 aromatic rings. The monoisotopic (exact) mass is 405 g/mol. The Morgan fingerprint density at radius 1 is 1.11 bits per heavy atom. The average Bonchev–Trinajstić information content (AvgIpc) is 2.59. The van der Waals surface area contributed by atoms with E-state index in [0.717, 1.165) is 16.7 Å². The first-order chi connectivity index (χ1) is 12.5. The van der Waals surface area contributed by atoms with Gasteiger partial charge in [-0.1, -0.05) is 56.1 Å². The number of fused-ring (bicyclic) bond motifs is 1. The van der Waals surface area contributed by atoms with Gasteiger partial charge in [-0.05, 0) is 48.7 Å². The number of nitrogens with zero attached hydrogens (tertiary/aromatic N) is 1. The highest BCUT2D eigenvalue weighted by molar-refractivity contribution is 7.89. The Kier molecular flexibility index (Phi) is 5.23. The lowest BCUT2D eigenvalue weighted by atomic mass is 9.81. The summed E-state index contributed by atoms with van der Waals surface area (Å²) in [5, 5.41) is 0.588. The van der Waals surface area contributed by atoms with Gasteiger partial charge < -0.3 is 0 Å². The van der Waals surface area contributed by atoms with Gasteiger partial charge in [-0.2, -0.15) is 4.31 Å². The number of carbonyl (C=O) groups excluding carboxylic acids is 1. The van der Waals surface area contributed by atoms with E-state index >= 15 is 0 Å². The molecular formula is C21H24ClNO3S. The summed E-state index contributed by atoms with van der Waals surface area (Å²) in [4.78, 5) is 13.5. The third-order valence-electron chi connectivity index (χ3n) is 4.90. The molecule has 0 spiro atoms.